The number of piperidine rings is 1. The lowest BCUT2D eigenvalue weighted by Gasteiger charge is -2.35. The van der Waals surface area contributed by atoms with Crippen LogP contribution in [-0.2, 0) is 16.1 Å². The molecule has 1 aromatic heterocycles. The highest BCUT2D eigenvalue weighted by molar-refractivity contribution is 5.82. The van der Waals surface area contributed by atoms with Crippen LogP contribution in [0.3, 0.4) is 0 Å². The molecule has 1 aromatic rings. The van der Waals surface area contributed by atoms with E-state index in [-0.39, 0.29) is 18.1 Å². The Balaban J connectivity index is 1.32. The van der Waals surface area contributed by atoms with E-state index >= 15 is 0 Å². The Morgan fingerprint density at radius 2 is 2.21 bits per heavy atom. The second kappa shape index (κ2) is 7.17. The molecule has 2 saturated heterocycles. The number of pyridine rings is 1. The van der Waals surface area contributed by atoms with Gasteiger partial charge in [-0.05, 0) is 37.8 Å². The second-order valence-corrected chi connectivity index (χ2v) is 7.15. The van der Waals surface area contributed by atoms with Gasteiger partial charge in [0.2, 0.25) is 5.91 Å². The lowest BCUT2D eigenvalue weighted by molar-refractivity contribution is -0.138. The number of hydrogen-bond acceptors (Lipinski definition) is 5. The van der Waals surface area contributed by atoms with E-state index in [0.29, 0.717) is 25.1 Å². The van der Waals surface area contributed by atoms with Crippen LogP contribution in [0.5, 0.6) is 0 Å². The normalized spacial score (nSPS) is 32.8. The minimum Gasteiger partial charge on any atom is -0.370 e. The van der Waals surface area contributed by atoms with Crippen molar-refractivity contribution < 1.29 is 9.53 Å². The first-order valence-electron chi connectivity index (χ1n) is 9.12. The zero-order valence-electron chi connectivity index (χ0n) is 14.0. The fourth-order valence-electron chi connectivity index (χ4n) is 4.27. The van der Waals surface area contributed by atoms with E-state index in [1.54, 1.807) is 6.20 Å². The summed E-state index contributed by atoms with van der Waals surface area (Å²) in [5.41, 5.74) is 7.49. The predicted octanol–water partition coefficient (Wildman–Crippen LogP) is 1.23. The molecule has 0 spiro atoms. The third kappa shape index (κ3) is 3.31. The Bertz CT molecular complexity index is 567. The number of hydrogen-bond donors (Lipinski definition) is 2. The molecule has 1 saturated carbocycles. The summed E-state index contributed by atoms with van der Waals surface area (Å²) in [6.45, 7) is 2.06. The highest BCUT2D eigenvalue weighted by atomic mass is 16.5. The maximum absolute atomic E-state index is 12.9. The number of ether oxygens (including phenoxy) is 1. The van der Waals surface area contributed by atoms with Gasteiger partial charge in [-0.15, -0.1) is 0 Å². The van der Waals surface area contributed by atoms with Crippen molar-refractivity contribution in [3.63, 3.8) is 0 Å². The molecule has 1 aliphatic carbocycles. The number of aromatic nitrogens is 1. The molecule has 4 unspecified atom stereocenters. The molecule has 4 rings (SSSR count). The minimum absolute atomic E-state index is 0.0629. The third-order valence-corrected chi connectivity index (χ3v) is 5.57. The number of likely N-dealkylation sites (tertiary alicyclic amines) is 1. The summed E-state index contributed by atoms with van der Waals surface area (Å²) in [7, 11) is 0. The third-order valence-electron chi connectivity index (χ3n) is 5.57. The SMILES string of the molecule is O=C(C1NNC2CCCC21)N1CCCC(OCc2ccccn2)C1. The average molecular weight is 330 g/mol. The number of amides is 1. The maximum atomic E-state index is 12.9. The lowest BCUT2D eigenvalue weighted by atomic mass is 9.95. The minimum atomic E-state index is -0.0629. The molecule has 2 aliphatic heterocycles. The van der Waals surface area contributed by atoms with Crippen molar-refractivity contribution in [3.05, 3.63) is 30.1 Å². The van der Waals surface area contributed by atoms with E-state index in [1.165, 1.54) is 12.8 Å². The second-order valence-electron chi connectivity index (χ2n) is 7.15. The number of fused-ring (bicyclic) bond motifs is 1. The summed E-state index contributed by atoms with van der Waals surface area (Å²) in [4.78, 5) is 19.2. The molecule has 6 heteroatoms. The van der Waals surface area contributed by atoms with Crippen molar-refractivity contribution in [3.8, 4) is 0 Å². The molecule has 3 heterocycles. The van der Waals surface area contributed by atoms with Gasteiger partial charge in [0.1, 0.15) is 6.04 Å². The zero-order chi connectivity index (χ0) is 16.4. The van der Waals surface area contributed by atoms with Crippen LogP contribution < -0.4 is 10.9 Å². The quantitative estimate of drug-likeness (QED) is 0.869. The first-order chi connectivity index (χ1) is 11.8. The molecule has 3 fully saturated rings. The van der Waals surface area contributed by atoms with Gasteiger partial charge < -0.3 is 9.64 Å². The van der Waals surface area contributed by atoms with Gasteiger partial charge in [-0.3, -0.25) is 15.2 Å². The number of nitrogens with zero attached hydrogens (tertiary/aromatic N) is 2. The fraction of sp³-hybridized carbons (Fsp3) is 0.667. The maximum Gasteiger partial charge on any atom is 0.241 e. The van der Waals surface area contributed by atoms with Gasteiger partial charge in [-0.2, -0.15) is 0 Å². The Morgan fingerprint density at radius 3 is 3.08 bits per heavy atom. The van der Waals surface area contributed by atoms with Crippen molar-refractivity contribution in [2.45, 2.75) is 56.9 Å². The first-order valence-corrected chi connectivity index (χ1v) is 9.12. The molecule has 6 nitrogen and oxygen atoms in total. The largest absolute Gasteiger partial charge is 0.370 e. The van der Waals surface area contributed by atoms with Gasteiger partial charge in [-0.1, -0.05) is 12.5 Å². The van der Waals surface area contributed by atoms with Crippen LogP contribution in [0.15, 0.2) is 24.4 Å². The lowest BCUT2D eigenvalue weighted by Crippen LogP contribution is -2.52. The number of hydrazine groups is 1. The molecule has 4 atom stereocenters. The summed E-state index contributed by atoms with van der Waals surface area (Å²) in [5.74, 6) is 0.690. The Hall–Kier alpha value is -1.50. The molecule has 1 amide bonds. The number of carbonyl (C=O) groups is 1. The standard InChI is InChI=1S/C18H26N4O2/c23-18(17-15-7-3-8-16(15)20-21-17)22-10-4-6-14(11-22)24-12-13-5-1-2-9-19-13/h1-2,5,9,14-17,20-21H,3-4,6-8,10-12H2. The van der Waals surface area contributed by atoms with Crippen LogP contribution in [0.25, 0.3) is 0 Å². The summed E-state index contributed by atoms with van der Waals surface area (Å²) < 4.78 is 6.01. The van der Waals surface area contributed by atoms with Crippen molar-refractivity contribution in [1.29, 1.82) is 0 Å². The van der Waals surface area contributed by atoms with Crippen LogP contribution in [0.2, 0.25) is 0 Å². The topological polar surface area (TPSA) is 66.5 Å². The summed E-state index contributed by atoms with van der Waals surface area (Å²) in [6.07, 6.45) is 7.46. The van der Waals surface area contributed by atoms with Gasteiger partial charge in [0.15, 0.2) is 0 Å². The van der Waals surface area contributed by atoms with Gasteiger partial charge in [0, 0.05) is 31.2 Å². The molecule has 2 N–H and O–H groups in total. The molecular formula is C18H26N4O2. The highest BCUT2D eigenvalue weighted by Crippen LogP contribution is 2.32. The Labute approximate surface area is 142 Å². The Kier molecular flexibility index (Phi) is 4.78. The first kappa shape index (κ1) is 16.0. The summed E-state index contributed by atoms with van der Waals surface area (Å²) in [6, 6.07) is 6.26. The van der Waals surface area contributed by atoms with Gasteiger partial charge in [-0.25, -0.2) is 5.43 Å². The molecule has 3 aliphatic rings. The fourth-order valence-corrected chi connectivity index (χ4v) is 4.27. The molecule has 0 radical (unpaired) electrons. The number of nitrogens with one attached hydrogen (secondary N) is 2. The van der Waals surface area contributed by atoms with Crippen molar-refractivity contribution >= 4 is 5.91 Å². The van der Waals surface area contributed by atoms with Gasteiger partial charge in [0.25, 0.3) is 0 Å². The molecule has 0 aromatic carbocycles. The van der Waals surface area contributed by atoms with Crippen molar-refractivity contribution in [1.82, 2.24) is 20.7 Å². The summed E-state index contributed by atoms with van der Waals surface area (Å²) in [5, 5.41) is 0. The van der Waals surface area contributed by atoms with Gasteiger partial charge >= 0.3 is 0 Å². The average Bonchev–Trinajstić information content (AvgIpc) is 3.24. The Morgan fingerprint density at radius 1 is 1.25 bits per heavy atom. The molecular weight excluding hydrogens is 304 g/mol. The van der Waals surface area contributed by atoms with Crippen LogP contribution in [0, 0.1) is 5.92 Å². The van der Waals surface area contributed by atoms with E-state index in [1.807, 2.05) is 23.1 Å². The van der Waals surface area contributed by atoms with Crippen LogP contribution in [0.1, 0.15) is 37.8 Å². The molecule has 130 valence electrons. The summed E-state index contributed by atoms with van der Waals surface area (Å²) >= 11 is 0. The van der Waals surface area contributed by atoms with Crippen molar-refractivity contribution in [2.24, 2.45) is 5.92 Å². The smallest absolute Gasteiger partial charge is 0.241 e. The van der Waals surface area contributed by atoms with E-state index < -0.39 is 0 Å². The predicted molar refractivity (Wildman–Crippen MR) is 89.8 cm³/mol. The molecule has 0 bridgehead atoms. The zero-order valence-corrected chi connectivity index (χ0v) is 14.0. The number of rotatable bonds is 4. The molecule has 24 heavy (non-hydrogen) atoms. The van der Waals surface area contributed by atoms with E-state index in [9.17, 15) is 4.79 Å². The van der Waals surface area contributed by atoms with Gasteiger partial charge in [0.05, 0.1) is 18.4 Å². The van der Waals surface area contributed by atoms with Crippen LogP contribution in [-0.4, -0.2) is 47.1 Å². The van der Waals surface area contributed by atoms with Crippen LogP contribution in [0.4, 0.5) is 0 Å². The van der Waals surface area contributed by atoms with Crippen molar-refractivity contribution in [2.75, 3.05) is 13.1 Å². The monoisotopic (exact) mass is 330 g/mol. The van der Waals surface area contributed by atoms with E-state index in [0.717, 1.165) is 31.5 Å². The van der Waals surface area contributed by atoms with E-state index in [2.05, 4.69) is 15.8 Å². The van der Waals surface area contributed by atoms with Crippen LogP contribution >= 0.6 is 0 Å². The number of carbonyl (C=O) groups excluding carboxylic acids is 1. The highest BCUT2D eigenvalue weighted by Gasteiger charge is 2.44. The van der Waals surface area contributed by atoms with E-state index in [4.69, 9.17) is 4.74 Å².